The van der Waals surface area contributed by atoms with Crippen molar-refractivity contribution in [2.45, 2.75) is 26.2 Å². The average Bonchev–Trinajstić information content (AvgIpc) is 2.98. The Morgan fingerprint density at radius 3 is 2.70 bits per heavy atom. The average molecular weight is 439 g/mol. The molecule has 0 N–H and O–H groups in total. The molecule has 2 aromatic rings. The fraction of sp³-hybridized carbons (Fsp3) is 0.385. The van der Waals surface area contributed by atoms with E-state index in [0.717, 1.165) is 23.8 Å². The summed E-state index contributed by atoms with van der Waals surface area (Å²) >= 11 is 10.1. The molecule has 0 spiro atoms. The van der Waals surface area contributed by atoms with Crippen molar-refractivity contribution < 1.29 is 9.53 Å². The first-order valence-electron chi connectivity index (χ1n) is 5.94. The van der Waals surface area contributed by atoms with Gasteiger partial charge in [-0.05, 0) is 58.7 Å². The van der Waals surface area contributed by atoms with Crippen LogP contribution in [0.2, 0.25) is 0 Å². The zero-order valence-electron chi connectivity index (χ0n) is 11.2. The molecule has 0 aliphatic rings. The maximum Gasteiger partial charge on any atom is 0.317 e. The number of halogens is 2. The van der Waals surface area contributed by atoms with Gasteiger partial charge in [0.05, 0.1) is 21.0 Å². The number of esters is 1. The molecule has 20 heavy (non-hydrogen) atoms. The smallest absolute Gasteiger partial charge is 0.317 e. The number of aromatic nitrogens is 1. The summed E-state index contributed by atoms with van der Waals surface area (Å²) in [6.07, 6.45) is 0. The Labute approximate surface area is 142 Å². The predicted octanol–water partition coefficient (Wildman–Crippen LogP) is 5.24. The Morgan fingerprint density at radius 2 is 2.15 bits per heavy atom. The Bertz CT molecular complexity index is 615. The van der Waals surface area contributed by atoms with Crippen LogP contribution in [0.1, 0.15) is 26.5 Å². The lowest BCUT2D eigenvalue weighted by molar-refractivity contribution is -0.148. The molecular weight excluding hydrogens is 426 g/mol. The lowest BCUT2D eigenvalue weighted by Gasteiger charge is -2.19. The molecule has 0 radical (unpaired) electrons. The molecule has 0 saturated carbocycles. The largest absolute Gasteiger partial charge is 0.465 e. The van der Waals surface area contributed by atoms with E-state index >= 15 is 0 Å². The van der Waals surface area contributed by atoms with Crippen LogP contribution in [-0.4, -0.2) is 17.6 Å². The molecule has 0 atom stereocenters. The minimum absolute atomic E-state index is 0.245. The molecule has 2 heterocycles. The standard InChI is InChI=1S/C13H13Br2NO2S2/c1-4-18-12(17)13(2,3)9-6-19-11(16-9)8-5-7(14)10(15)20-8/h5-6H,4H2,1-3H3. The van der Waals surface area contributed by atoms with E-state index < -0.39 is 5.41 Å². The Morgan fingerprint density at radius 1 is 1.45 bits per heavy atom. The highest BCUT2D eigenvalue weighted by atomic mass is 79.9. The van der Waals surface area contributed by atoms with Crippen LogP contribution >= 0.6 is 54.5 Å². The maximum absolute atomic E-state index is 12.0. The van der Waals surface area contributed by atoms with Crippen molar-refractivity contribution in [2.75, 3.05) is 6.61 Å². The van der Waals surface area contributed by atoms with Crippen molar-refractivity contribution in [3.8, 4) is 9.88 Å². The topological polar surface area (TPSA) is 39.2 Å². The lowest BCUT2D eigenvalue weighted by atomic mass is 9.90. The molecule has 3 nitrogen and oxygen atoms in total. The second-order valence-electron chi connectivity index (χ2n) is 4.62. The van der Waals surface area contributed by atoms with Crippen molar-refractivity contribution in [1.82, 2.24) is 4.98 Å². The number of nitrogens with zero attached hydrogens (tertiary/aromatic N) is 1. The van der Waals surface area contributed by atoms with E-state index in [0.29, 0.717) is 6.61 Å². The van der Waals surface area contributed by atoms with Gasteiger partial charge in [0, 0.05) is 9.85 Å². The Balaban J connectivity index is 2.31. The number of thiophene rings is 1. The molecule has 0 unspecified atom stereocenters. The number of carbonyl (C=O) groups excluding carboxylic acids is 1. The third kappa shape index (κ3) is 3.16. The van der Waals surface area contributed by atoms with Gasteiger partial charge in [0.25, 0.3) is 0 Å². The van der Waals surface area contributed by atoms with Crippen molar-refractivity contribution in [3.63, 3.8) is 0 Å². The number of rotatable bonds is 4. The summed E-state index contributed by atoms with van der Waals surface area (Å²) in [6, 6.07) is 2.02. The van der Waals surface area contributed by atoms with Crippen LogP contribution in [0.3, 0.4) is 0 Å². The fourth-order valence-electron chi connectivity index (χ4n) is 1.54. The van der Waals surface area contributed by atoms with Crippen LogP contribution in [0.15, 0.2) is 19.7 Å². The summed E-state index contributed by atoms with van der Waals surface area (Å²) in [6.45, 7) is 5.86. The second kappa shape index (κ2) is 6.25. The van der Waals surface area contributed by atoms with Gasteiger partial charge in [-0.15, -0.1) is 22.7 Å². The molecule has 108 valence electrons. The third-order valence-electron chi connectivity index (χ3n) is 2.79. The molecule has 0 saturated heterocycles. The van der Waals surface area contributed by atoms with E-state index in [9.17, 15) is 4.79 Å². The van der Waals surface area contributed by atoms with Gasteiger partial charge in [0.1, 0.15) is 10.4 Å². The van der Waals surface area contributed by atoms with Gasteiger partial charge in [-0.25, -0.2) is 4.98 Å². The molecule has 7 heteroatoms. The van der Waals surface area contributed by atoms with E-state index in [-0.39, 0.29) is 5.97 Å². The predicted molar refractivity (Wildman–Crippen MR) is 90.5 cm³/mol. The van der Waals surface area contributed by atoms with Gasteiger partial charge in [-0.2, -0.15) is 0 Å². The number of carbonyl (C=O) groups is 1. The van der Waals surface area contributed by atoms with Crippen molar-refractivity contribution in [1.29, 1.82) is 0 Å². The number of hydrogen-bond donors (Lipinski definition) is 0. The van der Waals surface area contributed by atoms with Gasteiger partial charge in [0.15, 0.2) is 0 Å². The first-order chi connectivity index (χ1) is 9.36. The zero-order chi connectivity index (χ0) is 14.9. The van der Waals surface area contributed by atoms with Gasteiger partial charge in [0.2, 0.25) is 0 Å². The van der Waals surface area contributed by atoms with E-state index in [2.05, 4.69) is 36.8 Å². The molecule has 2 aromatic heterocycles. The SMILES string of the molecule is CCOC(=O)C(C)(C)c1csc(-c2cc(Br)c(Br)s2)n1. The Hall–Kier alpha value is -0.240. The summed E-state index contributed by atoms with van der Waals surface area (Å²) in [4.78, 5) is 17.7. The van der Waals surface area contributed by atoms with Gasteiger partial charge < -0.3 is 4.74 Å². The third-order valence-corrected chi connectivity index (χ3v) is 7.05. The van der Waals surface area contributed by atoms with Gasteiger partial charge in [-0.1, -0.05) is 0 Å². The molecule has 0 aliphatic carbocycles. The second-order valence-corrected chi connectivity index (χ2v) is 8.70. The minimum atomic E-state index is -0.726. The number of thiazole rings is 1. The molecular formula is C13H13Br2NO2S2. The van der Waals surface area contributed by atoms with Gasteiger partial charge in [-0.3, -0.25) is 4.79 Å². The summed E-state index contributed by atoms with van der Waals surface area (Å²) < 4.78 is 7.16. The van der Waals surface area contributed by atoms with Crippen LogP contribution < -0.4 is 0 Å². The summed E-state index contributed by atoms with van der Waals surface area (Å²) in [5.41, 5.74) is 0.0211. The monoisotopic (exact) mass is 437 g/mol. The van der Waals surface area contributed by atoms with Crippen LogP contribution in [0.25, 0.3) is 9.88 Å². The van der Waals surface area contributed by atoms with Crippen LogP contribution in [-0.2, 0) is 14.9 Å². The van der Waals surface area contributed by atoms with Crippen molar-refractivity contribution in [3.05, 3.63) is 25.4 Å². The highest BCUT2D eigenvalue weighted by Crippen LogP contribution is 2.40. The normalized spacial score (nSPS) is 11.7. The van der Waals surface area contributed by atoms with E-state index in [1.807, 2.05) is 25.3 Å². The summed E-state index contributed by atoms with van der Waals surface area (Å²) in [5.74, 6) is -0.245. The molecule has 2 rings (SSSR count). The van der Waals surface area contributed by atoms with E-state index in [1.54, 1.807) is 18.3 Å². The van der Waals surface area contributed by atoms with Crippen LogP contribution in [0, 0.1) is 0 Å². The molecule has 0 amide bonds. The first-order valence-corrected chi connectivity index (χ1v) is 9.23. The molecule has 0 bridgehead atoms. The molecule has 0 aliphatic heterocycles. The maximum atomic E-state index is 12.0. The molecule has 0 aromatic carbocycles. The quantitative estimate of drug-likeness (QED) is 0.612. The first kappa shape index (κ1) is 16.1. The summed E-state index contributed by atoms with van der Waals surface area (Å²) in [5, 5.41) is 2.84. The van der Waals surface area contributed by atoms with Gasteiger partial charge >= 0.3 is 5.97 Å². The van der Waals surface area contributed by atoms with Crippen LogP contribution in [0.5, 0.6) is 0 Å². The number of hydrogen-bond acceptors (Lipinski definition) is 5. The fourth-order valence-corrected chi connectivity index (χ4v) is 4.63. The van der Waals surface area contributed by atoms with Crippen molar-refractivity contribution >= 4 is 60.5 Å². The lowest BCUT2D eigenvalue weighted by Crippen LogP contribution is -2.31. The highest BCUT2D eigenvalue weighted by molar-refractivity contribution is 9.13. The zero-order valence-corrected chi connectivity index (χ0v) is 16.0. The van der Waals surface area contributed by atoms with E-state index in [1.165, 1.54) is 11.3 Å². The Kier molecular flexibility index (Phi) is 5.05. The minimum Gasteiger partial charge on any atom is -0.465 e. The van der Waals surface area contributed by atoms with Crippen LogP contribution in [0.4, 0.5) is 0 Å². The highest BCUT2D eigenvalue weighted by Gasteiger charge is 2.34. The molecule has 0 fully saturated rings. The van der Waals surface area contributed by atoms with Crippen molar-refractivity contribution in [2.24, 2.45) is 0 Å². The van der Waals surface area contributed by atoms with E-state index in [4.69, 9.17) is 4.74 Å². The summed E-state index contributed by atoms with van der Waals surface area (Å²) in [7, 11) is 0. The number of ether oxygens (including phenoxy) is 1.